The summed E-state index contributed by atoms with van der Waals surface area (Å²) in [5.74, 6) is 1.21. The van der Waals surface area contributed by atoms with Crippen molar-refractivity contribution in [2.45, 2.75) is 31.2 Å². The second-order valence-corrected chi connectivity index (χ2v) is 8.43. The Morgan fingerprint density at radius 1 is 1.07 bits per heavy atom. The number of anilines is 1. The molecule has 0 radical (unpaired) electrons. The highest BCUT2D eigenvalue weighted by atomic mass is 32.2. The average molecular weight is 391 g/mol. The Morgan fingerprint density at radius 3 is 2.44 bits per heavy atom. The molecule has 1 atom stereocenters. The number of hydrogen-bond acceptors (Lipinski definition) is 5. The molecule has 7 heteroatoms. The lowest BCUT2D eigenvalue weighted by molar-refractivity contribution is -0.124. The summed E-state index contributed by atoms with van der Waals surface area (Å²) >= 11 is 1.82. The lowest BCUT2D eigenvalue weighted by atomic mass is 10.2. The largest absolute Gasteiger partial charge is 0.353 e. The second kappa shape index (κ2) is 9.57. The topological polar surface area (TPSA) is 55.9 Å². The number of nitrogens with one attached hydrogen (secondary N) is 1. The molecule has 1 aromatic rings. The summed E-state index contributed by atoms with van der Waals surface area (Å²) < 4.78 is 0. The minimum Gasteiger partial charge on any atom is -0.353 e. The molecule has 2 aliphatic heterocycles. The smallest absolute Gasteiger partial charge is 0.241 e. The van der Waals surface area contributed by atoms with Gasteiger partial charge in [0.15, 0.2) is 0 Å². The molecule has 1 N–H and O–H groups in total. The molecule has 2 heterocycles. The van der Waals surface area contributed by atoms with Gasteiger partial charge in [0.25, 0.3) is 0 Å². The Kier molecular flexibility index (Phi) is 7.15. The Morgan fingerprint density at radius 2 is 1.74 bits per heavy atom. The second-order valence-electron chi connectivity index (χ2n) is 7.29. The first kappa shape index (κ1) is 20.2. The number of thioether (sulfide) groups is 1. The third-order valence-corrected chi connectivity index (χ3v) is 6.28. The molecule has 2 aliphatic rings. The van der Waals surface area contributed by atoms with Crippen molar-refractivity contribution in [3.63, 3.8) is 0 Å². The predicted molar refractivity (Wildman–Crippen MR) is 110 cm³/mol. The van der Waals surface area contributed by atoms with Gasteiger partial charge in [-0.1, -0.05) is 19.1 Å². The molecule has 0 spiro atoms. The van der Waals surface area contributed by atoms with Crippen LogP contribution >= 0.6 is 11.8 Å². The summed E-state index contributed by atoms with van der Waals surface area (Å²) in [6, 6.07) is 8.36. The van der Waals surface area contributed by atoms with Crippen LogP contribution in [-0.2, 0) is 9.59 Å². The van der Waals surface area contributed by atoms with E-state index in [2.05, 4.69) is 28.1 Å². The van der Waals surface area contributed by atoms with Crippen LogP contribution in [0.3, 0.4) is 0 Å². The van der Waals surface area contributed by atoms with Gasteiger partial charge < -0.3 is 10.2 Å². The van der Waals surface area contributed by atoms with Gasteiger partial charge in [0.05, 0.1) is 18.8 Å². The van der Waals surface area contributed by atoms with Gasteiger partial charge in [-0.2, -0.15) is 0 Å². The number of fused-ring (bicyclic) bond motifs is 1. The molecule has 0 saturated carbocycles. The van der Waals surface area contributed by atoms with Gasteiger partial charge >= 0.3 is 0 Å². The van der Waals surface area contributed by atoms with E-state index in [1.807, 2.05) is 41.8 Å². The van der Waals surface area contributed by atoms with Crippen LogP contribution in [0, 0.1) is 0 Å². The van der Waals surface area contributed by atoms with Crippen molar-refractivity contribution in [2.24, 2.45) is 0 Å². The van der Waals surface area contributed by atoms with Crippen molar-refractivity contribution < 1.29 is 9.59 Å². The van der Waals surface area contributed by atoms with E-state index in [0.29, 0.717) is 13.1 Å². The summed E-state index contributed by atoms with van der Waals surface area (Å²) in [6.07, 6.45) is 0.944. The van der Waals surface area contributed by atoms with Crippen LogP contribution in [0.2, 0.25) is 0 Å². The standard InChI is InChI=1S/C20H30N4O2S/c1-3-16(2)21-19(25)14-22-8-10-23(11-9-22)15-20(26)24-12-13-27-18-7-5-4-6-17(18)24/h4-7,16H,3,8-15H2,1-2H3,(H,21,25)/t16-/m0/s1. The number of carbonyl (C=O) groups excluding carboxylic acids is 2. The highest BCUT2D eigenvalue weighted by molar-refractivity contribution is 7.99. The number of rotatable bonds is 6. The zero-order valence-corrected chi connectivity index (χ0v) is 17.1. The molecule has 2 amide bonds. The van der Waals surface area contributed by atoms with Crippen molar-refractivity contribution in [1.29, 1.82) is 0 Å². The first-order valence-corrected chi connectivity index (χ1v) is 10.8. The minimum atomic E-state index is 0.0938. The monoisotopic (exact) mass is 390 g/mol. The summed E-state index contributed by atoms with van der Waals surface area (Å²) in [6.45, 7) is 9.07. The summed E-state index contributed by atoms with van der Waals surface area (Å²) in [5.41, 5.74) is 1.04. The van der Waals surface area contributed by atoms with E-state index in [9.17, 15) is 9.59 Å². The zero-order chi connectivity index (χ0) is 19.2. The van der Waals surface area contributed by atoms with Gasteiger partial charge in [-0.05, 0) is 25.5 Å². The molecule has 0 unspecified atom stereocenters. The maximum absolute atomic E-state index is 12.8. The molecule has 27 heavy (non-hydrogen) atoms. The first-order valence-electron chi connectivity index (χ1n) is 9.83. The van der Waals surface area contributed by atoms with Gasteiger partial charge in [-0.3, -0.25) is 19.4 Å². The lowest BCUT2D eigenvalue weighted by Crippen LogP contribution is -2.52. The number of hydrogen-bond donors (Lipinski definition) is 1. The Balaban J connectivity index is 1.46. The molecule has 1 aromatic carbocycles. The number of piperazine rings is 1. The van der Waals surface area contributed by atoms with Crippen LogP contribution in [0.4, 0.5) is 5.69 Å². The van der Waals surface area contributed by atoms with Crippen LogP contribution in [-0.4, -0.2) is 79.2 Å². The van der Waals surface area contributed by atoms with Gasteiger partial charge in [0, 0.05) is 49.4 Å². The highest BCUT2D eigenvalue weighted by Crippen LogP contribution is 2.34. The third-order valence-electron chi connectivity index (χ3n) is 5.24. The molecule has 6 nitrogen and oxygen atoms in total. The molecule has 1 fully saturated rings. The van der Waals surface area contributed by atoms with E-state index in [0.717, 1.165) is 50.6 Å². The lowest BCUT2D eigenvalue weighted by Gasteiger charge is -2.36. The van der Waals surface area contributed by atoms with Crippen LogP contribution in [0.15, 0.2) is 29.2 Å². The molecule has 0 bridgehead atoms. The Labute approximate surface area is 166 Å². The normalized spacial score (nSPS) is 19.4. The van der Waals surface area contributed by atoms with Crippen molar-refractivity contribution in [3.8, 4) is 0 Å². The van der Waals surface area contributed by atoms with Crippen LogP contribution in [0.25, 0.3) is 0 Å². The molecule has 148 valence electrons. The van der Waals surface area contributed by atoms with E-state index in [-0.39, 0.29) is 17.9 Å². The van der Waals surface area contributed by atoms with E-state index >= 15 is 0 Å². The van der Waals surface area contributed by atoms with Crippen molar-refractivity contribution in [2.75, 3.05) is 56.5 Å². The summed E-state index contributed by atoms with van der Waals surface area (Å²) in [5, 5.41) is 3.02. The molecular formula is C20H30N4O2S. The maximum atomic E-state index is 12.8. The molecule has 3 rings (SSSR count). The SMILES string of the molecule is CC[C@H](C)NC(=O)CN1CCN(CC(=O)N2CCSc3ccccc32)CC1. The predicted octanol–water partition coefficient (Wildman–Crippen LogP) is 1.66. The maximum Gasteiger partial charge on any atom is 0.241 e. The Hall–Kier alpha value is -1.57. The highest BCUT2D eigenvalue weighted by Gasteiger charge is 2.26. The Bertz CT molecular complexity index is 661. The number of carbonyl (C=O) groups is 2. The van der Waals surface area contributed by atoms with Crippen LogP contribution in [0.1, 0.15) is 20.3 Å². The molecular weight excluding hydrogens is 360 g/mol. The van der Waals surface area contributed by atoms with Gasteiger partial charge in [-0.15, -0.1) is 11.8 Å². The quantitative estimate of drug-likeness (QED) is 0.801. The minimum absolute atomic E-state index is 0.0938. The van der Waals surface area contributed by atoms with E-state index in [4.69, 9.17) is 0 Å². The van der Waals surface area contributed by atoms with Crippen molar-refractivity contribution in [1.82, 2.24) is 15.1 Å². The average Bonchev–Trinajstić information content (AvgIpc) is 2.68. The number of amides is 2. The fraction of sp³-hybridized carbons (Fsp3) is 0.600. The first-order chi connectivity index (χ1) is 13.1. The van der Waals surface area contributed by atoms with Crippen LogP contribution < -0.4 is 10.2 Å². The number of benzene rings is 1. The van der Waals surface area contributed by atoms with Crippen LogP contribution in [0.5, 0.6) is 0 Å². The molecule has 0 aromatic heterocycles. The van der Waals surface area contributed by atoms with E-state index in [1.165, 1.54) is 4.90 Å². The summed E-state index contributed by atoms with van der Waals surface area (Å²) in [4.78, 5) is 32.4. The zero-order valence-electron chi connectivity index (χ0n) is 16.3. The number of para-hydroxylation sites is 1. The van der Waals surface area contributed by atoms with Gasteiger partial charge in [0.2, 0.25) is 11.8 Å². The molecule has 1 saturated heterocycles. The van der Waals surface area contributed by atoms with E-state index in [1.54, 1.807) is 0 Å². The van der Waals surface area contributed by atoms with Crippen molar-refractivity contribution >= 4 is 29.3 Å². The van der Waals surface area contributed by atoms with E-state index < -0.39 is 0 Å². The van der Waals surface area contributed by atoms with Gasteiger partial charge in [0.1, 0.15) is 0 Å². The fourth-order valence-corrected chi connectivity index (χ4v) is 4.43. The third kappa shape index (κ3) is 5.46. The van der Waals surface area contributed by atoms with Gasteiger partial charge in [-0.25, -0.2) is 0 Å². The number of nitrogens with zero attached hydrogens (tertiary/aromatic N) is 3. The van der Waals surface area contributed by atoms with Crippen molar-refractivity contribution in [3.05, 3.63) is 24.3 Å². The summed E-state index contributed by atoms with van der Waals surface area (Å²) in [7, 11) is 0. The molecule has 0 aliphatic carbocycles. The fourth-order valence-electron chi connectivity index (χ4n) is 3.44.